The Hall–Kier alpha value is -3.17. The molecular weight excluding hydrogens is 468 g/mol. The van der Waals surface area contributed by atoms with Gasteiger partial charge < -0.3 is 14.5 Å². The van der Waals surface area contributed by atoms with E-state index in [9.17, 15) is 9.59 Å². The summed E-state index contributed by atoms with van der Waals surface area (Å²) in [6, 6.07) is 9.19. The molecule has 35 heavy (non-hydrogen) atoms. The number of ether oxygens (including phenoxy) is 1. The third-order valence-electron chi connectivity index (χ3n) is 5.84. The number of amides is 2. The number of rotatable bonds is 5. The highest BCUT2D eigenvalue weighted by molar-refractivity contribution is 6.30. The molecule has 2 amide bonds. The lowest BCUT2D eigenvalue weighted by Gasteiger charge is -2.35. The van der Waals surface area contributed by atoms with Crippen LogP contribution in [0.4, 0.5) is 4.79 Å². The van der Waals surface area contributed by atoms with Crippen molar-refractivity contribution in [3.05, 3.63) is 53.4 Å². The molecule has 0 bridgehead atoms. The minimum atomic E-state index is -0.514. The van der Waals surface area contributed by atoms with Crippen molar-refractivity contribution in [2.45, 2.75) is 26.4 Å². The van der Waals surface area contributed by atoms with Crippen molar-refractivity contribution in [3.63, 3.8) is 0 Å². The zero-order valence-electron chi connectivity index (χ0n) is 20.6. The van der Waals surface area contributed by atoms with Crippen molar-refractivity contribution in [2.24, 2.45) is 0 Å². The number of carbonyl (C=O) groups excluding carboxylic acids is 2. The molecule has 186 valence electrons. The molecule has 2 aromatic heterocycles. The summed E-state index contributed by atoms with van der Waals surface area (Å²) in [6.07, 6.45) is 3.16. The molecule has 9 nitrogen and oxygen atoms in total. The summed E-state index contributed by atoms with van der Waals surface area (Å²) < 4.78 is 7.06. The molecule has 0 N–H and O–H groups in total. The normalized spacial score (nSPS) is 14.8. The predicted octanol–water partition coefficient (Wildman–Crippen LogP) is 3.67. The molecule has 1 aliphatic rings. The third-order valence-corrected chi connectivity index (χ3v) is 6.08. The standard InChI is InChI=1S/C25H31ClN6O3/c1-25(2,3)35-24(34)29(4)10-11-30-12-14-31(15-13-30)23(33)21-8-9-32-22(28-21)20(17-27-32)18-6-5-7-19(26)16-18/h5-9,16-17H,10-15H2,1-4H3. The zero-order valence-corrected chi connectivity index (χ0v) is 21.3. The summed E-state index contributed by atoms with van der Waals surface area (Å²) >= 11 is 6.15. The van der Waals surface area contributed by atoms with Gasteiger partial charge in [0.25, 0.3) is 5.91 Å². The van der Waals surface area contributed by atoms with Crippen molar-refractivity contribution < 1.29 is 14.3 Å². The van der Waals surface area contributed by atoms with Gasteiger partial charge in [-0.1, -0.05) is 23.7 Å². The van der Waals surface area contributed by atoms with Crippen LogP contribution in [0.5, 0.6) is 0 Å². The number of halogens is 1. The maximum Gasteiger partial charge on any atom is 0.410 e. The van der Waals surface area contributed by atoms with Gasteiger partial charge >= 0.3 is 6.09 Å². The summed E-state index contributed by atoms with van der Waals surface area (Å²) in [4.78, 5) is 35.6. The van der Waals surface area contributed by atoms with E-state index in [-0.39, 0.29) is 12.0 Å². The van der Waals surface area contributed by atoms with Crippen LogP contribution in [-0.4, -0.2) is 93.2 Å². The fourth-order valence-electron chi connectivity index (χ4n) is 3.91. The van der Waals surface area contributed by atoms with Crippen molar-refractivity contribution >= 4 is 29.2 Å². The molecule has 1 fully saturated rings. The Morgan fingerprint density at radius 1 is 1.14 bits per heavy atom. The lowest BCUT2D eigenvalue weighted by Crippen LogP contribution is -2.50. The monoisotopic (exact) mass is 498 g/mol. The first kappa shape index (κ1) is 24.9. The van der Waals surface area contributed by atoms with Gasteiger partial charge in [0.1, 0.15) is 11.3 Å². The van der Waals surface area contributed by atoms with Crippen molar-refractivity contribution in [3.8, 4) is 11.1 Å². The second kappa shape index (κ2) is 10.2. The maximum atomic E-state index is 13.2. The summed E-state index contributed by atoms with van der Waals surface area (Å²) in [5.74, 6) is -0.101. The first-order valence-corrected chi connectivity index (χ1v) is 12.0. The largest absolute Gasteiger partial charge is 0.444 e. The van der Waals surface area contributed by atoms with E-state index >= 15 is 0 Å². The molecule has 0 aliphatic carbocycles. The summed E-state index contributed by atoms with van der Waals surface area (Å²) in [6.45, 7) is 9.51. The summed E-state index contributed by atoms with van der Waals surface area (Å²) in [5, 5.41) is 4.99. The highest BCUT2D eigenvalue weighted by atomic mass is 35.5. The number of likely N-dealkylation sites (N-methyl/N-ethyl adjacent to an activating group) is 1. The van der Waals surface area contributed by atoms with Crippen molar-refractivity contribution in [1.29, 1.82) is 0 Å². The fourth-order valence-corrected chi connectivity index (χ4v) is 4.10. The Balaban J connectivity index is 1.36. The second-order valence-electron chi connectivity index (χ2n) is 9.69. The van der Waals surface area contributed by atoms with Crippen molar-refractivity contribution in [2.75, 3.05) is 46.3 Å². The van der Waals surface area contributed by atoms with E-state index in [4.69, 9.17) is 16.3 Å². The molecule has 1 aromatic carbocycles. The number of hydrogen-bond acceptors (Lipinski definition) is 6. The Kier molecular flexibility index (Phi) is 7.28. The van der Waals surface area contributed by atoms with Crippen LogP contribution in [0.25, 0.3) is 16.8 Å². The molecule has 3 heterocycles. The van der Waals surface area contributed by atoms with Gasteiger partial charge in [0.05, 0.1) is 6.20 Å². The molecular formula is C25H31ClN6O3. The Morgan fingerprint density at radius 3 is 2.57 bits per heavy atom. The van der Waals surface area contributed by atoms with Gasteiger partial charge in [0, 0.05) is 63.1 Å². The number of aromatic nitrogens is 3. The predicted molar refractivity (Wildman–Crippen MR) is 135 cm³/mol. The van der Waals surface area contributed by atoms with E-state index in [0.717, 1.165) is 30.8 Å². The van der Waals surface area contributed by atoms with Gasteiger partial charge in [-0.25, -0.2) is 14.3 Å². The maximum absolute atomic E-state index is 13.2. The number of piperazine rings is 1. The molecule has 0 saturated carbocycles. The molecule has 3 aromatic rings. The van der Waals surface area contributed by atoms with Crippen LogP contribution in [0.1, 0.15) is 31.3 Å². The number of hydrogen-bond donors (Lipinski definition) is 0. The van der Waals surface area contributed by atoms with Gasteiger partial charge in [-0.05, 0) is 44.5 Å². The third kappa shape index (κ3) is 6.10. The minimum Gasteiger partial charge on any atom is -0.444 e. The highest BCUT2D eigenvalue weighted by Gasteiger charge is 2.25. The van der Waals surface area contributed by atoms with Crippen LogP contribution < -0.4 is 0 Å². The van der Waals surface area contributed by atoms with Gasteiger partial charge in [-0.3, -0.25) is 9.69 Å². The molecule has 4 rings (SSSR count). The van der Waals surface area contributed by atoms with E-state index in [1.807, 2.05) is 49.9 Å². The van der Waals surface area contributed by atoms with Crippen LogP contribution in [0.3, 0.4) is 0 Å². The zero-order chi connectivity index (χ0) is 25.2. The van der Waals surface area contributed by atoms with E-state index in [2.05, 4.69) is 15.0 Å². The van der Waals surface area contributed by atoms with Crippen LogP contribution in [0.2, 0.25) is 5.02 Å². The first-order chi connectivity index (χ1) is 16.6. The lowest BCUT2D eigenvalue weighted by molar-refractivity contribution is 0.0272. The van der Waals surface area contributed by atoms with E-state index in [1.165, 1.54) is 0 Å². The Bertz CT molecular complexity index is 1210. The van der Waals surface area contributed by atoms with Crippen LogP contribution in [0.15, 0.2) is 42.7 Å². The van der Waals surface area contributed by atoms with Gasteiger partial charge in [-0.15, -0.1) is 0 Å². The van der Waals surface area contributed by atoms with E-state index in [1.54, 1.807) is 34.9 Å². The van der Waals surface area contributed by atoms with Crippen LogP contribution in [-0.2, 0) is 4.74 Å². The lowest BCUT2D eigenvalue weighted by atomic mass is 10.1. The molecule has 0 atom stereocenters. The number of carbonyl (C=O) groups is 2. The Labute approximate surface area is 210 Å². The van der Waals surface area contributed by atoms with Crippen LogP contribution >= 0.6 is 11.6 Å². The second-order valence-corrected chi connectivity index (χ2v) is 10.1. The molecule has 10 heteroatoms. The number of benzene rings is 1. The molecule has 0 radical (unpaired) electrons. The van der Waals surface area contributed by atoms with E-state index < -0.39 is 5.60 Å². The number of fused-ring (bicyclic) bond motifs is 1. The summed E-state index contributed by atoms with van der Waals surface area (Å²) in [5.41, 5.74) is 2.21. The SMILES string of the molecule is CN(CCN1CCN(C(=O)c2ccn3ncc(-c4cccc(Cl)c4)c3n2)CC1)C(=O)OC(C)(C)C. The number of nitrogens with zero attached hydrogens (tertiary/aromatic N) is 6. The van der Waals surface area contributed by atoms with Gasteiger partial charge in [0.2, 0.25) is 0 Å². The Morgan fingerprint density at radius 2 is 1.89 bits per heavy atom. The molecule has 1 saturated heterocycles. The van der Waals surface area contributed by atoms with Crippen LogP contribution in [0, 0.1) is 0 Å². The first-order valence-electron chi connectivity index (χ1n) is 11.7. The minimum absolute atomic E-state index is 0.101. The smallest absolute Gasteiger partial charge is 0.410 e. The van der Waals surface area contributed by atoms with Crippen molar-refractivity contribution in [1.82, 2.24) is 29.3 Å². The molecule has 0 unspecified atom stereocenters. The fraction of sp³-hybridized carbons (Fsp3) is 0.440. The van der Waals surface area contributed by atoms with Gasteiger partial charge in [-0.2, -0.15) is 5.10 Å². The van der Waals surface area contributed by atoms with E-state index in [0.29, 0.717) is 36.0 Å². The highest BCUT2D eigenvalue weighted by Crippen LogP contribution is 2.26. The molecule has 1 aliphatic heterocycles. The van der Waals surface area contributed by atoms with Gasteiger partial charge in [0.15, 0.2) is 5.65 Å². The topological polar surface area (TPSA) is 83.3 Å². The average molecular weight is 499 g/mol. The molecule has 0 spiro atoms. The average Bonchev–Trinajstić information content (AvgIpc) is 3.24. The quantitative estimate of drug-likeness (QED) is 0.533. The summed E-state index contributed by atoms with van der Waals surface area (Å²) in [7, 11) is 1.74.